The minimum Gasteiger partial charge on any atom is -0.308 e. The van der Waals surface area contributed by atoms with Gasteiger partial charge in [-0.15, -0.1) is 0 Å². The molecule has 0 atom stereocenters. The van der Waals surface area contributed by atoms with Crippen LogP contribution >= 0.6 is 0 Å². The molecule has 1 aromatic carbocycles. The summed E-state index contributed by atoms with van der Waals surface area (Å²) in [6.45, 7) is 1.24. The van der Waals surface area contributed by atoms with Gasteiger partial charge in [0.25, 0.3) is 5.69 Å². The topological polar surface area (TPSA) is 72.5 Å². The number of hydrogen-bond acceptors (Lipinski definition) is 4. The Hall–Kier alpha value is -2.73. The first-order chi connectivity index (χ1) is 10.2. The predicted octanol–water partition coefficient (Wildman–Crippen LogP) is 2.53. The van der Waals surface area contributed by atoms with Crippen molar-refractivity contribution in [2.24, 2.45) is 0 Å². The normalized spacial score (nSPS) is 10.9. The molecule has 6 nitrogen and oxygen atoms in total. The highest BCUT2D eigenvalue weighted by molar-refractivity contribution is 5.53. The quantitative estimate of drug-likeness (QED) is 0.576. The average Bonchev–Trinajstić information content (AvgIpc) is 2.91. The second-order valence-corrected chi connectivity index (χ2v) is 4.73. The molecule has 3 aromatic rings. The number of pyridine rings is 1. The number of non-ortho nitro benzene ring substituents is 1. The fraction of sp³-hybridized carbons (Fsp3) is 0.133. The molecule has 106 valence electrons. The molecule has 0 amide bonds. The van der Waals surface area contributed by atoms with Gasteiger partial charge < -0.3 is 5.32 Å². The molecule has 0 aliphatic carbocycles. The van der Waals surface area contributed by atoms with Gasteiger partial charge in [-0.2, -0.15) is 5.10 Å². The standard InChI is InChI=1S/C15H14N4O2/c20-19(21)14-5-3-4-12(8-14)9-16-10-13-11-17-18-7-2-1-6-15(13)18/h1-8,11,16H,9-10H2. The monoisotopic (exact) mass is 282 g/mol. The highest BCUT2D eigenvalue weighted by atomic mass is 16.6. The Kier molecular flexibility index (Phi) is 3.61. The van der Waals surface area contributed by atoms with Crippen molar-refractivity contribution in [2.45, 2.75) is 13.1 Å². The number of aromatic nitrogens is 2. The van der Waals surface area contributed by atoms with Gasteiger partial charge in [0.1, 0.15) is 0 Å². The second-order valence-electron chi connectivity index (χ2n) is 4.73. The number of rotatable bonds is 5. The maximum Gasteiger partial charge on any atom is 0.269 e. The number of nitrogens with zero attached hydrogens (tertiary/aromatic N) is 3. The van der Waals surface area contributed by atoms with Crippen LogP contribution in [0.15, 0.2) is 54.9 Å². The number of nitro groups is 1. The molecular formula is C15H14N4O2. The zero-order chi connectivity index (χ0) is 14.7. The van der Waals surface area contributed by atoms with Crippen LogP contribution in [-0.4, -0.2) is 14.5 Å². The maximum absolute atomic E-state index is 10.7. The first-order valence-electron chi connectivity index (χ1n) is 6.59. The van der Waals surface area contributed by atoms with Crippen LogP contribution in [0.25, 0.3) is 5.52 Å². The van der Waals surface area contributed by atoms with E-state index in [1.807, 2.05) is 41.2 Å². The average molecular weight is 282 g/mol. The predicted molar refractivity (Wildman–Crippen MR) is 78.8 cm³/mol. The lowest BCUT2D eigenvalue weighted by Crippen LogP contribution is -2.12. The van der Waals surface area contributed by atoms with E-state index in [1.165, 1.54) is 6.07 Å². The molecule has 2 aromatic heterocycles. The lowest BCUT2D eigenvalue weighted by atomic mass is 10.2. The van der Waals surface area contributed by atoms with E-state index in [0.717, 1.165) is 16.6 Å². The molecule has 0 spiro atoms. The Balaban J connectivity index is 1.66. The number of hydrogen-bond donors (Lipinski definition) is 1. The third-order valence-electron chi connectivity index (χ3n) is 3.27. The Labute approximate surface area is 121 Å². The van der Waals surface area contributed by atoms with Crippen LogP contribution in [0.2, 0.25) is 0 Å². The first kappa shape index (κ1) is 13.3. The molecule has 0 saturated heterocycles. The molecule has 3 rings (SSSR count). The van der Waals surface area contributed by atoms with Crippen molar-refractivity contribution in [2.75, 3.05) is 0 Å². The molecule has 0 aliphatic rings. The summed E-state index contributed by atoms with van der Waals surface area (Å²) in [4.78, 5) is 10.4. The summed E-state index contributed by atoms with van der Waals surface area (Å²) in [7, 11) is 0. The van der Waals surface area contributed by atoms with E-state index < -0.39 is 0 Å². The van der Waals surface area contributed by atoms with Gasteiger partial charge in [-0.05, 0) is 17.7 Å². The van der Waals surface area contributed by atoms with Gasteiger partial charge in [0.2, 0.25) is 0 Å². The molecule has 21 heavy (non-hydrogen) atoms. The summed E-state index contributed by atoms with van der Waals surface area (Å²) in [6.07, 6.45) is 3.73. The van der Waals surface area contributed by atoms with Gasteiger partial charge in [0.05, 0.1) is 16.6 Å². The van der Waals surface area contributed by atoms with E-state index in [4.69, 9.17) is 0 Å². The van der Waals surface area contributed by atoms with Crippen LogP contribution in [0, 0.1) is 10.1 Å². The van der Waals surface area contributed by atoms with Crippen LogP contribution in [0.3, 0.4) is 0 Å². The summed E-state index contributed by atoms with van der Waals surface area (Å²) in [5.41, 5.74) is 3.16. The minimum atomic E-state index is -0.380. The molecule has 0 radical (unpaired) electrons. The van der Waals surface area contributed by atoms with Crippen LogP contribution in [0.5, 0.6) is 0 Å². The van der Waals surface area contributed by atoms with E-state index in [2.05, 4.69) is 10.4 Å². The van der Waals surface area contributed by atoms with Gasteiger partial charge in [0, 0.05) is 37.0 Å². The van der Waals surface area contributed by atoms with Gasteiger partial charge in [-0.25, -0.2) is 4.52 Å². The molecule has 0 fully saturated rings. The second kappa shape index (κ2) is 5.72. The Morgan fingerprint density at radius 1 is 1.19 bits per heavy atom. The molecule has 6 heteroatoms. The van der Waals surface area contributed by atoms with Crippen molar-refractivity contribution in [3.8, 4) is 0 Å². The minimum absolute atomic E-state index is 0.116. The highest BCUT2D eigenvalue weighted by Gasteiger charge is 2.06. The molecule has 1 N–H and O–H groups in total. The molecule has 0 aliphatic heterocycles. The molecule has 0 saturated carbocycles. The fourth-order valence-corrected chi connectivity index (χ4v) is 2.25. The summed E-state index contributed by atoms with van der Waals surface area (Å²) in [5, 5.41) is 18.3. The van der Waals surface area contributed by atoms with Gasteiger partial charge in [-0.1, -0.05) is 18.2 Å². The Bertz CT molecular complexity index is 782. The number of fused-ring (bicyclic) bond motifs is 1. The van der Waals surface area contributed by atoms with Crippen LogP contribution in [0.1, 0.15) is 11.1 Å². The van der Waals surface area contributed by atoms with Crippen molar-refractivity contribution >= 4 is 11.2 Å². The SMILES string of the molecule is O=[N+]([O-])c1cccc(CNCc2cnn3ccccc23)c1. The summed E-state index contributed by atoms with van der Waals surface area (Å²) in [6, 6.07) is 12.6. The van der Waals surface area contributed by atoms with Crippen molar-refractivity contribution in [1.29, 1.82) is 0 Å². The molecular weight excluding hydrogens is 268 g/mol. The van der Waals surface area contributed by atoms with Crippen molar-refractivity contribution in [1.82, 2.24) is 14.9 Å². The van der Waals surface area contributed by atoms with Crippen LogP contribution in [0.4, 0.5) is 5.69 Å². The molecule has 0 bridgehead atoms. The van der Waals surface area contributed by atoms with E-state index in [9.17, 15) is 10.1 Å². The van der Waals surface area contributed by atoms with E-state index in [-0.39, 0.29) is 10.6 Å². The summed E-state index contributed by atoms with van der Waals surface area (Å²) in [5.74, 6) is 0. The van der Waals surface area contributed by atoms with E-state index in [1.54, 1.807) is 12.1 Å². The zero-order valence-corrected chi connectivity index (χ0v) is 11.3. The number of nitrogens with one attached hydrogen (secondary N) is 1. The molecule has 0 unspecified atom stereocenters. The number of benzene rings is 1. The lowest BCUT2D eigenvalue weighted by Gasteiger charge is -2.04. The summed E-state index contributed by atoms with van der Waals surface area (Å²) >= 11 is 0. The summed E-state index contributed by atoms with van der Waals surface area (Å²) < 4.78 is 1.82. The third kappa shape index (κ3) is 2.90. The van der Waals surface area contributed by atoms with Crippen LogP contribution < -0.4 is 5.32 Å². The Morgan fingerprint density at radius 2 is 2.10 bits per heavy atom. The lowest BCUT2D eigenvalue weighted by molar-refractivity contribution is -0.384. The smallest absolute Gasteiger partial charge is 0.269 e. The van der Waals surface area contributed by atoms with E-state index >= 15 is 0 Å². The van der Waals surface area contributed by atoms with Crippen molar-refractivity contribution < 1.29 is 4.92 Å². The van der Waals surface area contributed by atoms with Gasteiger partial charge >= 0.3 is 0 Å². The van der Waals surface area contributed by atoms with E-state index in [0.29, 0.717) is 13.1 Å². The third-order valence-corrected chi connectivity index (χ3v) is 3.27. The maximum atomic E-state index is 10.7. The first-order valence-corrected chi connectivity index (χ1v) is 6.59. The van der Waals surface area contributed by atoms with Gasteiger partial charge in [0.15, 0.2) is 0 Å². The Morgan fingerprint density at radius 3 is 2.95 bits per heavy atom. The molecule has 2 heterocycles. The fourth-order valence-electron chi connectivity index (χ4n) is 2.25. The number of nitro benzene ring substituents is 1. The highest BCUT2D eigenvalue weighted by Crippen LogP contribution is 2.13. The van der Waals surface area contributed by atoms with Crippen molar-refractivity contribution in [3.05, 3.63) is 76.1 Å². The van der Waals surface area contributed by atoms with Crippen LogP contribution in [-0.2, 0) is 13.1 Å². The van der Waals surface area contributed by atoms with Gasteiger partial charge in [-0.3, -0.25) is 10.1 Å². The zero-order valence-electron chi connectivity index (χ0n) is 11.3. The largest absolute Gasteiger partial charge is 0.308 e. The van der Waals surface area contributed by atoms with Crippen molar-refractivity contribution in [3.63, 3.8) is 0 Å².